The number of carboxylic acids is 2. The second-order valence-corrected chi connectivity index (χ2v) is 9.90. The van der Waals surface area contributed by atoms with E-state index in [1.54, 1.807) is 12.1 Å². The first-order chi connectivity index (χ1) is 18.3. The van der Waals surface area contributed by atoms with Gasteiger partial charge in [-0.2, -0.15) is 0 Å². The molecule has 0 fully saturated rings. The molecule has 1 rings (SSSR count). The number of unbranched alkanes of at least 4 members (excludes halogenated alkanes) is 11. The van der Waals surface area contributed by atoms with E-state index in [1.165, 1.54) is 32.1 Å². The Labute approximate surface area is 246 Å². The first-order valence-corrected chi connectivity index (χ1v) is 14.1. The summed E-state index contributed by atoms with van der Waals surface area (Å²) in [5.74, 6) is -1.99. The van der Waals surface area contributed by atoms with Gasteiger partial charge >= 0.3 is 25.8 Å². The van der Waals surface area contributed by atoms with Crippen LogP contribution in [0, 0.1) is 0 Å². The number of carbonyl (C=O) groups excluding carboxylic acids is 2. The number of amides is 2. The van der Waals surface area contributed by atoms with E-state index in [0.29, 0.717) is 37.9 Å². The quantitative estimate of drug-likeness (QED) is 0.104. The Balaban J connectivity index is 0.0000144. The number of hydrogen-bond acceptors (Lipinski definition) is 4. The van der Waals surface area contributed by atoms with Crippen molar-refractivity contribution in [2.45, 2.75) is 115 Å². The van der Waals surface area contributed by atoms with E-state index in [-0.39, 0.29) is 44.4 Å². The second kappa shape index (κ2) is 23.6. The van der Waals surface area contributed by atoms with Crippen molar-refractivity contribution in [3.8, 4) is 0 Å². The number of aliphatic carboxylic acids is 2. The van der Waals surface area contributed by atoms with Gasteiger partial charge in [0, 0.05) is 31.5 Å². The third-order valence-corrected chi connectivity index (χ3v) is 6.50. The van der Waals surface area contributed by atoms with Gasteiger partial charge in [0.2, 0.25) is 5.91 Å². The molecule has 0 saturated heterocycles. The van der Waals surface area contributed by atoms with Gasteiger partial charge in [-0.1, -0.05) is 82.8 Å². The molecule has 0 aliphatic heterocycles. The van der Waals surface area contributed by atoms with Crippen LogP contribution in [0.1, 0.15) is 119 Å². The van der Waals surface area contributed by atoms with Crippen molar-refractivity contribution < 1.29 is 49.2 Å². The van der Waals surface area contributed by atoms with Gasteiger partial charge in [-0.15, -0.1) is 0 Å². The van der Waals surface area contributed by atoms with Gasteiger partial charge in [0.15, 0.2) is 0 Å². The van der Waals surface area contributed by atoms with Crippen LogP contribution in [0.5, 0.6) is 0 Å². The largest absolute Gasteiger partial charge is 1.00 e. The normalized spacial score (nSPS) is 11.3. The van der Waals surface area contributed by atoms with Crippen LogP contribution >= 0.6 is 0 Å². The zero-order chi connectivity index (χ0) is 28.0. The Hall–Kier alpha value is -2.30. The predicted molar refractivity (Wildman–Crippen MR) is 148 cm³/mol. The van der Waals surface area contributed by atoms with Crippen LogP contribution in [0.25, 0.3) is 5.73 Å². The fraction of sp³-hybridized carbons (Fsp3) is 0.655. The number of carbonyl (C=O) groups is 4. The molecule has 9 nitrogen and oxygen atoms in total. The molecule has 0 heterocycles. The van der Waals surface area contributed by atoms with Crippen LogP contribution in [0.3, 0.4) is 0 Å². The first kappa shape index (κ1) is 36.7. The van der Waals surface area contributed by atoms with Crippen LogP contribution < -0.4 is 10.6 Å². The van der Waals surface area contributed by atoms with Crippen molar-refractivity contribution in [1.82, 2.24) is 10.6 Å². The summed E-state index contributed by atoms with van der Waals surface area (Å²) in [4.78, 5) is 45.4. The summed E-state index contributed by atoms with van der Waals surface area (Å²) >= 11 is 0. The van der Waals surface area contributed by atoms with E-state index < -0.39 is 18.0 Å². The molecule has 0 bridgehead atoms. The minimum Gasteiger partial charge on any atom is -0.665 e. The Morgan fingerprint density at radius 1 is 0.692 bits per heavy atom. The maximum absolute atomic E-state index is 12.2. The summed E-state index contributed by atoms with van der Waals surface area (Å²) in [6, 6.07) is 5.98. The molecule has 1 aromatic rings. The molecule has 5 N–H and O–H groups in total. The molecule has 0 aromatic heterocycles. The van der Waals surface area contributed by atoms with Crippen LogP contribution in [-0.2, 0) is 40.7 Å². The van der Waals surface area contributed by atoms with E-state index in [4.69, 9.17) is 15.9 Å². The minimum absolute atomic E-state index is 0. The van der Waals surface area contributed by atoms with Crippen LogP contribution in [0.2, 0.25) is 0 Å². The average Bonchev–Trinajstić information content (AvgIpc) is 2.89. The predicted octanol–water partition coefficient (Wildman–Crippen LogP) is 5.86. The SMILES string of the molecule is [NH-]C(CCCCNC(=O)c1ccc(CNC(=O)CCCCCCCCCCCCCC(=O)O)cc1)C(=O)O.[Os+]. The monoisotopic (exact) mass is 724 g/mol. The number of hydrogen-bond donors (Lipinski definition) is 4. The fourth-order valence-corrected chi connectivity index (χ4v) is 4.12. The van der Waals surface area contributed by atoms with Gasteiger partial charge in [-0.05, 0) is 43.0 Å². The summed E-state index contributed by atoms with van der Waals surface area (Å²) in [5, 5.41) is 23.0. The van der Waals surface area contributed by atoms with E-state index in [1.807, 2.05) is 12.1 Å². The topological polar surface area (TPSA) is 157 Å². The van der Waals surface area contributed by atoms with Gasteiger partial charge in [0.1, 0.15) is 0 Å². The Bertz CT molecular complexity index is 835. The molecule has 1 radical (unpaired) electrons. The molecular formula is C29H46N3O6Os. The molecule has 1 atom stereocenters. The fourth-order valence-electron chi connectivity index (χ4n) is 4.12. The number of benzene rings is 1. The second-order valence-electron chi connectivity index (χ2n) is 9.90. The van der Waals surface area contributed by atoms with Gasteiger partial charge in [-0.25, -0.2) is 0 Å². The van der Waals surface area contributed by atoms with E-state index in [9.17, 15) is 19.2 Å². The summed E-state index contributed by atoms with van der Waals surface area (Å²) in [7, 11) is 0. The summed E-state index contributed by atoms with van der Waals surface area (Å²) in [6.07, 6.45) is 14.3. The Morgan fingerprint density at radius 3 is 1.72 bits per heavy atom. The zero-order valence-electron chi connectivity index (χ0n) is 23.0. The van der Waals surface area contributed by atoms with Crippen molar-refractivity contribution in [2.75, 3.05) is 6.54 Å². The van der Waals surface area contributed by atoms with Crippen LogP contribution in [0.4, 0.5) is 0 Å². The molecule has 221 valence electrons. The van der Waals surface area contributed by atoms with Crippen molar-refractivity contribution >= 4 is 23.8 Å². The Morgan fingerprint density at radius 2 is 1.21 bits per heavy atom. The maximum atomic E-state index is 12.2. The van der Waals surface area contributed by atoms with Crippen molar-refractivity contribution in [2.24, 2.45) is 0 Å². The smallest absolute Gasteiger partial charge is 0.665 e. The van der Waals surface area contributed by atoms with E-state index in [0.717, 1.165) is 44.1 Å². The maximum Gasteiger partial charge on any atom is 1.00 e. The molecule has 0 aliphatic carbocycles. The zero-order valence-corrected chi connectivity index (χ0v) is 25.5. The summed E-state index contributed by atoms with van der Waals surface area (Å²) in [6.45, 7) is 0.857. The van der Waals surface area contributed by atoms with Crippen molar-refractivity contribution in [3.05, 3.63) is 41.1 Å². The van der Waals surface area contributed by atoms with Crippen LogP contribution in [-0.4, -0.2) is 46.6 Å². The minimum atomic E-state index is -1.12. The van der Waals surface area contributed by atoms with Crippen LogP contribution in [0.15, 0.2) is 24.3 Å². The van der Waals surface area contributed by atoms with Gasteiger partial charge < -0.3 is 26.6 Å². The molecule has 10 heteroatoms. The van der Waals surface area contributed by atoms with Crippen molar-refractivity contribution in [3.63, 3.8) is 0 Å². The van der Waals surface area contributed by atoms with E-state index in [2.05, 4.69) is 10.6 Å². The third kappa shape index (κ3) is 20.3. The molecular weight excluding hydrogens is 677 g/mol. The van der Waals surface area contributed by atoms with Gasteiger partial charge in [-0.3, -0.25) is 19.2 Å². The number of rotatable bonds is 23. The number of nitrogens with one attached hydrogen (secondary N) is 3. The third-order valence-electron chi connectivity index (χ3n) is 6.50. The first-order valence-electron chi connectivity index (χ1n) is 14.1. The Kier molecular flexibility index (Phi) is 22.2. The van der Waals surface area contributed by atoms with Gasteiger partial charge in [0.05, 0.1) is 0 Å². The summed E-state index contributed by atoms with van der Waals surface area (Å²) < 4.78 is 0. The van der Waals surface area contributed by atoms with Gasteiger partial charge in [0.25, 0.3) is 11.9 Å². The molecule has 0 spiro atoms. The average molecular weight is 723 g/mol. The molecule has 0 aliphatic rings. The molecule has 1 unspecified atom stereocenters. The molecule has 2 amide bonds. The number of carboxylic acid groups (broad SMARTS) is 2. The molecule has 1 aromatic carbocycles. The standard InChI is InChI=1S/C29H46N3O6.Os/c30-25(29(37)38)14-12-13-21-31-28(36)24-19-17-23(18-20-24)22-32-26(33)15-10-8-6-4-2-1-3-5-7-9-11-16-27(34)35;/h17-20,25,30H,1-16,21-22H2,(H,31,36)(H,32,33)(H,34,35)(H,37,38);/q-1;+1. The van der Waals surface area contributed by atoms with E-state index >= 15 is 0 Å². The molecule has 0 saturated carbocycles. The van der Waals surface area contributed by atoms with Crippen molar-refractivity contribution in [1.29, 1.82) is 0 Å². The molecule has 39 heavy (non-hydrogen) atoms. The summed E-state index contributed by atoms with van der Waals surface area (Å²) in [5.41, 5.74) is 8.79.